The predicted molar refractivity (Wildman–Crippen MR) is 95.3 cm³/mol. The van der Waals surface area contributed by atoms with Crippen molar-refractivity contribution in [1.29, 1.82) is 0 Å². The summed E-state index contributed by atoms with van der Waals surface area (Å²) in [5.74, 6) is 0.329. The topological polar surface area (TPSA) is 81.4 Å². The molecule has 1 saturated carbocycles. The van der Waals surface area contributed by atoms with E-state index in [1.165, 1.54) is 12.7 Å². The number of hydrogen-bond acceptors (Lipinski definition) is 6. The molecule has 132 valence electrons. The summed E-state index contributed by atoms with van der Waals surface area (Å²) in [5.41, 5.74) is 0.675. The minimum absolute atomic E-state index is 0.0120. The van der Waals surface area contributed by atoms with E-state index in [0.717, 1.165) is 31.4 Å². The molecule has 7 heteroatoms. The molecule has 1 aromatic heterocycles. The highest BCUT2D eigenvalue weighted by atomic mass is 16.6. The van der Waals surface area contributed by atoms with Crippen LogP contribution >= 0.6 is 0 Å². The Hall–Kier alpha value is -2.70. The van der Waals surface area contributed by atoms with Gasteiger partial charge in [0.05, 0.1) is 4.92 Å². The van der Waals surface area contributed by atoms with Gasteiger partial charge < -0.3 is 9.64 Å². The van der Waals surface area contributed by atoms with E-state index in [1.807, 2.05) is 37.3 Å². The molecule has 0 saturated heterocycles. The van der Waals surface area contributed by atoms with E-state index in [-0.39, 0.29) is 23.5 Å². The van der Waals surface area contributed by atoms with Gasteiger partial charge in [0.25, 0.3) is 5.88 Å². The van der Waals surface area contributed by atoms with Crippen molar-refractivity contribution in [2.24, 2.45) is 0 Å². The molecular weight excluding hydrogens is 320 g/mol. The zero-order valence-electron chi connectivity index (χ0n) is 14.3. The number of anilines is 2. The van der Waals surface area contributed by atoms with Crippen molar-refractivity contribution >= 4 is 17.2 Å². The molecule has 1 heterocycles. The van der Waals surface area contributed by atoms with E-state index >= 15 is 0 Å². The Morgan fingerprint density at radius 2 is 1.92 bits per heavy atom. The van der Waals surface area contributed by atoms with E-state index in [1.54, 1.807) is 4.90 Å². The average molecular weight is 342 g/mol. The fraction of sp³-hybridized carbons (Fsp3) is 0.444. The van der Waals surface area contributed by atoms with Gasteiger partial charge in [-0.05, 0) is 44.7 Å². The standard InChI is InChI=1S/C18H22N4O3/c1-2-21(14-9-5-3-6-10-14)17-16(22(23)24)18(20-13-19-17)25-15-11-7-4-8-12-15/h3,5-6,9-10,13,15H,2,4,7-8,11-12H2,1H3. The minimum Gasteiger partial charge on any atom is -0.469 e. The lowest BCUT2D eigenvalue weighted by atomic mass is 9.98. The van der Waals surface area contributed by atoms with Crippen LogP contribution in [-0.2, 0) is 0 Å². The van der Waals surface area contributed by atoms with Gasteiger partial charge in [-0.1, -0.05) is 24.6 Å². The quantitative estimate of drug-likeness (QED) is 0.576. The first-order valence-corrected chi connectivity index (χ1v) is 8.69. The fourth-order valence-corrected chi connectivity index (χ4v) is 3.20. The van der Waals surface area contributed by atoms with Crippen molar-refractivity contribution in [1.82, 2.24) is 9.97 Å². The zero-order valence-corrected chi connectivity index (χ0v) is 14.3. The number of nitrogens with zero attached hydrogens (tertiary/aromatic N) is 4. The monoisotopic (exact) mass is 342 g/mol. The molecule has 3 rings (SSSR count). The highest BCUT2D eigenvalue weighted by molar-refractivity contribution is 5.70. The van der Waals surface area contributed by atoms with Crippen molar-refractivity contribution in [3.05, 3.63) is 46.8 Å². The van der Waals surface area contributed by atoms with Crippen LogP contribution in [0.4, 0.5) is 17.2 Å². The Morgan fingerprint density at radius 1 is 1.20 bits per heavy atom. The Kier molecular flexibility index (Phi) is 5.42. The Labute approximate surface area is 146 Å². The normalized spacial score (nSPS) is 14.9. The van der Waals surface area contributed by atoms with Crippen LogP contribution in [0.3, 0.4) is 0 Å². The maximum atomic E-state index is 11.8. The van der Waals surface area contributed by atoms with E-state index in [9.17, 15) is 10.1 Å². The third kappa shape index (κ3) is 3.87. The molecule has 7 nitrogen and oxygen atoms in total. The second-order valence-corrected chi connectivity index (χ2v) is 6.07. The minimum atomic E-state index is -0.445. The zero-order chi connectivity index (χ0) is 17.6. The van der Waals surface area contributed by atoms with Gasteiger partial charge in [0.1, 0.15) is 12.4 Å². The highest BCUT2D eigenvalue weighted by Crippen LogP contribution is 2.38. The maximum absolute atomic E-state index is 11.8. The van der Waals surface area contributed by atoms with E-state index in [4.69, 9.17) is 4.74 Å². The SMILES string of the molecule is CCN(c1ccccc1)c1ncnc(OC2CCCCC2)c1[N+](=O)[O-]. The molecule has 0 spiro atoms. The first kappa shape index (κ1) is 17.1. The Balaban J connectivity index is 1.98. The lowest BCUT2D eigenvalue weighted by Crippen LogP contribution is -2.23. The smallest absolute Gasteiger partial charge is 0.373 e. The average Bonchev–Trinajstić information content (AvgIpc) is 2.64. The largest absolute Gasteiger partial charge is 0.469 e. The van der Waals surface area contributed by atoms with Crippen molar-refractivity contribution < 1.29 is 9.66 Å². The molecule has 0 unspecified atom stereocenters. The summed E-state index contributed by atoms with van der Waals surface area (Å²) in [4.78, 5) is 21.4. The van der Waals surface area contributed by atoms with Gasteiger partial charge >= 0.3 is 5.69 Å². The number of aromatic nitrogens is 2. The van der Waals surface area contributed by atoms with Crippen LogP contribution in [0, 0.1) is 10.1 Å². The van der Waals surface area contributed by atoms with Crippen LogP contribution in [0.15, 0.2) is 36.7 Å². The lowest BCUT2D eigenvalue weighted by molar-refractivity contribution is -0.385. The highest BCUT2D eigenvalue weighted by Gasteiger charge is 2.30. The molecule has 1 aromatic carbocycles. The molecule has 0 N–H and O–H groups in total. The van der Waals surface area contributed by atoms with Gasteiger partial charge in [0.15, 0.2) is 0 Å². The van der Waals surface area contributed by atoms with Gasteiger partial charge in [-0.2, -0.15) is 4.98 Å². The van der Waals surface area contributed by atoms with Crippen LogP contribution in [0.2, 0.25) is 0 Å². The van der Waals surface area contributed by atoms with Crippen LogP contribution in [0.1, 0.15) is 39.0 Å². The summed E-state index contributed by atoms with van der Waals surface area (Å²) >= 11 is 0. The molecule has 1 aliphatic carbocycles. The van der Waals surface area contributed by atoms with Crippen LogP contribution in [0.5, 0.6) is 5.88 Å². The van der Waals surface area contributed by atoms with Gasteiger partial charge in [0, 0.05) is 12.2 Å². The molecule has 1 aliphatic rings. The predicted octanol–water partition coefficient (Wildman–Crippen LogP) is 4.25. The van der Waals surface area contributed by atoms with E-state index in [2.05, 4.69) is 9.97 Å². The third-order valence-corrected chi connectivity index (χ3v) is 4.42. The maximum Gasteiger partial charge on any atom is 0.373 e. The van der Waals surface area contributed by atoms with Crippen molar-refractivity contribution in [3.8, 4) is 5.88 Å². The fourth-order valence-electron chi connectivity index (χ4n) is 3.20. The molecule has 0 atom stereocenters. The summed E-state index contributed by atoms with van der Waals surface area (Å²) in [6.45, 7) is 2.48. The Bertz CT molecular complexity index is 718. The van der Waals surface area contributed by atoms with E-state index < -0.39 is 4.92 Å². The van der Waals surface area contributed by atoms with Crippen LogP contribution in [0.25, 0.3) is 0 Å². The number of ether oxygens (including phenoxy) is 1. The van der Waals surface area contributed by atoms with Crippen molar-refractivity contribution in [2.45, 2.75) is 45.1 Å². The molecule has 0 aliphatic heterocycles. The first-order chi connectivity index (χ1) is 12.2. The lowest BCUT2D eigenvalue weighted by Gasteiger charge is -2.24. The summed E-state index contributed by atoms with van der Waals surface area (Å²) in [6, 6.07) is 9.49. The molecule has 0 amide bonds. The van der Waals surface area contributed by atoms with Gasteiger partial charge in [0.2, 0.25) is 5.82 Å². The second-order valence-electron chi connectivity index (χ2n) is 6.07. The summed E-state index contributed by atoms with van der Waals surface area (Å²) < 4.78 is 5.90. The number of hydrogen-bond donors (Lipinski definition) is 0. The number of benzene rings is 1. The number of para-hydroxylation sites is 1. The van der Waals surface area contributed by atoms with Gasteiger partial charge in [-0.15, -0.1) is 0 Å². The molecule has 1 fully saturated rings. The first-order valence-electron chi connectivity index (χ1n) is 8.69. The molecule has 0 radical (unpaired) electrons. The second kappa shape index (κ2) is 7.92. The van der Waals surface area contributed by atoms with Crippen molar-refractivity contribution in [3.63, 3.8) is 0 Å². The number of rotatable bonds is 6. The third-order valence-electron chi connectivity index (χ3n) is 4.42. The van der Waals surface area contributed by atoms with E-state index in [0.29, 0.717) is 6.54 Å². The molecular formula is C18H22N4O3. The molecule has 25 heavy (non-hydrogen) atoms. The Morgan fingerprint density at radius 3 is 2.56 bits per heavy atom. The summed E-state index contributed by atoms with van der Waals surface area (Å²) in [7, 11) is 0. The number of nitro groups is 1. The summed E-state index contributed by atoms with van der Waals surface area (Å²) in [5, 5.41) is 11.8. The van der Waals surface area contributed by atoms with Gasteiger partial charge in [-0.3, -0.25) is 10.1 Å². The summed E-state index contributed by atoms with van der Waals surface area (Å²) in [6.07, 6.45) is 6.50. The van der Waals surface area contributed by atoms with Crippen molar-refractivity contribution in [2.75, 3.05) is 11.4 Å². The van der Waals surface area contributed by atoms with Crippen LogP contribution in [-0.4, -0.2) is 27.5 Å². The molecule has 0 bridgehead atoms. The van der Waals surface area contributed by atoms with Crippen LogP contribution < -0.4 is 9.64 Å². The molecule has 2 aromatic rings. The van der Waals surface area contributed by atoms with Gasteiger partial charge in [-0.25, -0.2) is 4.98 Å².